The minimum absolute atomic E-state index is 0.0168. The van der Waals surface area contributed by atoms with Gasteiger partial charge in [0.15, 0.2) is 0 Å². The van der Waals surface area contributed by atoms with Crippen LogP contribution in [0.25, 0.3) is 0 Å². The summed E-state index contributed by atoms with van der Waals surface area (Å²) in [6.45, 7) is 0. The van der Waals surface area contributed by atoms with Gasteiger partial charge in [-0.2, -0.15) is 0 Å². The Hall–Kier alpha value is -1.84. The molecule has 100 valence electrons. The van der Waals surface area contributed by atoms with E-state index in [-0.39, 0.29) is 24.3 Å². The second-order valence-corrected chi connectivity index (χ2v) is 5.51. The molecule has 1 amide bonds. The molecule has 0 heterocycles. The number of carboxylic acids is 1. The Bertz CT molecular complexity index is 522. The highest BCUT2D eigenvalue weighted by Gasteiger charge is 2.37. The van der Waals surface area contributed by atoms with Crippen molar-refractivity contribution in [2.45, 2.75) is 37.6 Å². The van der Waals surface area contributed by atoms with E-state index in [1.54, 1.807) is 0 Å². The maximum atomic E-state index is 12.2. The summed E-state index contributed by atoms with van der Waals surface area (Å²) in [4.78, 5) is 23.0. The summed E-state index contributed by atoms with van der Waals surface area (Å²) in [6, 6.07) is 7.73. The molecule has 4 nitrogen and oxygen atoms in total. The highest BCUT2D eigenvalue weighted by molar-refractivity contribution is 5.87. The normalized spacial score (nSPS) is 22.0. The van der Waals surface area contributed by atoms with Crippen molar-refractivity contribution < 1.29 is 14.7 Å². The van der Waals surface area contributed by atoms with Crippen LogP contribution < -0.4 is 5.32 Å². The topological polar surface area (TPSA) is 66.4 Å². The predicted octanol–water partition coefficient (Wildman–Crippen LogP) is 1.70. The fourth-order valence-corrected chi connectivity index (χ4v) is 2.80. The molecule has 1 saturated carbocycles. The SMILES string of the molecule is O=C(O)CC(NC(=O)C1Cc2ccccc21)C1CC1. The van der Waals surface area contributed by atoms with Crippen molar-refractivity contribution in [1.29, 1.82) is 0 Å². The van der Waals surface area contributed by atoms with Crippen LogP contribution in [-0.2, 0) is 16.0 Å². The van der Waals surface area contributed by atoms with E-state index in [4.69, 9.17) is 5.11 Å². The standard InChI is InChI=1S/C15H17NO3/c17-14(18)8-13(9-5-6-9)16-15(19)12-7-10-3-1-2-4-11(10)12/h1-4,9,12-13H,5-8H2,(H,16,19)(H,17,18). The molecule has 0 aromatic heterocycles. The fraction of sp³-hybridized carbons (Fsp3) is 0.467. The molecule has 2 aliphatic rings. The third kappa shape index (κ3) is 2.48. The predicted molar refractivity (Wildman–Crippen MR) is 69.8 cm³/mol. The van der Waals surface area contributed by atoms with E-state index in [9.17, 15) is 9.59 Å². The molecule has 1 aromatic rings. The third-order valence-corrected chi connectivity index (χ3v) is 4.08. The van der Waals surface area contributed by atoms with Crippen LogP contribution in [-0.4, -0.2) is 23.0 Å². The molecule has 0 saturated heterocycles. The van der Waals surface area contributed by atoms with Gasteiger partial charge < -0.3 is 10.4 Å². The summed E-state index contributed by atoms with van der Waals surface area (Å²) in [5.74, 6) is -0.593. The molecule has 0 spiro atoms. The Morgan fingerprint density at radius 1 is 1.32 bits per heavy atom. The van der Waals surface area contributed by atoms with Gasteiger partial charge >= 0.3 is 5.97 Å². The summed E-state index contributed by atoms with van der Waals surface area (Å²) in [6.07, 6.45) is 2.86. The monoisotopic (exact) mass is 259 g/mol. The molecule has 0 bridgehead atoms. The molecule has 0 radical (unpaired) electrons. The first-order valence-corrected chi connectivity index (χ1v) is 6.75. The Morgan fingerprint density at radius 3 is 2.68 bits per heavy atom. The minimum Gasteiger partial charge on any atom is -0.481 e. The van der Waals surface area contributed by atoms with Crippen LogP contribution in [0.15, 0.2) is 24.3 Å². The van der Waals surface area contributed by atoms with Crippen molar-refractivity contribution in [2.24, 2.45) is 5.92 Å². The van der Waals surface area contributed by atoms with Gasteiger partial charge in [-0.15, -0.1) is 0 Å². The van der Waals surface area contributed by atoms with Gasteiger partial charge in [0.1, 0.15) is 0 Å². The summed E-state index contributed by atoms with van der Waals surface area (Å²) >= 11 is 0. The minimum atomic E-state index is -0.841. The van der Waals surface area contributed by atoms with E-state index < -0.39 is 5.97 Å². The molecule has 19 heavy (non-hydrogen) atoms. The molecule has 0 aliphatic heterocycles. The Kier molecular flexibility index (Phi) is 3.01. The highest BCUT2D eigenvalue weighted by atomic mass is 16.4. The molecule has 3 rings (SSSR count). The molecule has 2 unspecified atom stereocenters. The van der Waals surface area contributed by atoms with Crippen molar-refractivity contribution in [2.75, 3.05) is 0 Å². The van der Waals surface area contributed by atoms with Gasteiger partial charge in [0.25, 0.3) is 0 Å². The van der Waals surface area contributed by atoms with E-state index in [2.05, 4.69) is 5.32 Å². The lowest BCUT2D eigenvalue weighted by Crippen LogP contribution is -2.43. The van der Waals surface area contributed by atoms with E-state index in [1.807, 2.05) is 24.3 Å². The van der Waals surface area contributed by atoms with Crippen LogP contribution in [0.4, 0.5) is 0 Å². The molecule has 2 N–H and O–H groups in total. The second kappa shape index (κ2) is 4.68. The number of carbonyl (C=O) groups is 2. The summed E-state index contributed by atoms with van der Waals surface area (Å²) in [5, 5.41) is 11.8. The van der Waals surface area contributed by atoms with Crippen LogP contribution in [0.2, 0.25) is 0 Å². The first kappa shape index (κ1) is 12.2. The zero-order valence-electron chi connectivity index (χ0n) is 10.6. The molecular formula is C15H17NO3. The molecule has 4 heteroatoms. The van der Waals surface area contributed by atoms with Crippen molar-refractivity contribution in [1.82, 2.24) is 5.32 Å². The first-order valence-electron chi connectivity index (χ1n) is 6.75. The number of nitrogens with one attached hydrogen (secondary N) is 1. The maximum Gasteiger partial charge on any atom is 0.305 e. The molecule has 1 fully saturated rings. The van der Waals surface area contributed by atoms with Crippen molar-refractivity contribution in [3.8, 4) is 0 Å². The van der Waals surface area contributed by atoms with Gasteiger partial charge in [0.05, 0.1) is 12.3 Å². The largest absolute Gasteiger partial charge is 0.481 e. The summed E-state index contributed by atoms with van der Waals surface area (Å²) in [7, 11) is 0. The quantitative estimate of drug-likeness (QED) is 0.845. The lowest BCUT2D eigenvalue weighted by molar-refractivity contribution is -0.138. The number of hydrogen-bond acceptors (Lipinski definition) is 2. The number of carboxylic acid groups (broad SMARTS) is 1. The van der Waals surface area contributed by atoms with Gasteiger partial charge in [-0.1, -0.05) is 24.3 Å². The summed E-state index contributed by atoms with van der Waals surface area (Å²) in [5.41, 5.74) is 2.31. The Balaban J connectivity index is 1.64. The van der Waals surface area contributed by atoms with Gasteiger partial charge in [-0.3, -0.25) is 9.59 Å². The van der Waals surface area contributed by atoms with E-state index in [1.165, 1.54) is 5.56 Å². The molecular weight excluding hydrogens is 242 g/mol. The zero-order chi connectivity index (χ0) is 13.4. The van der Waals surface area contributed by atoms with Crippen LogP contribution in [0.5, 0.6) is 0 Å². The van der Waals surface area contributed by atoms with Gasteiger partial charge in [0.2, 0.25) is 5.91 Å². The fourth-order valence-electron chi connectivity index (χ4n) is 2.80. The average Bonchev–Trinajstić information content (AvgIpc) is 3.13. The van der Waals surface area contributed by atoms with Crippen molar-refractivity contribution >= 4 is 11.9 Å². The Morgan fingerprint density at radius 2 is 2.05 bits per heavy atom. The van der Waals surface area contributed by atoms with Crippen LogP contribution >= 0.6 is 0 Å². The smallest absolute Gasteiger partial charge is 0.305 e. The molecule has 2 aliphatic carbocycles. The van der Waals surface area contributed by atoms with Crippen LogP contribution in [0.3, 0.4) is 0 Å². The molecule has 2 atom stereocenters. The van der Waals surface area contributed by atoms with Crippen LogP contribution in [0, 0.1) is 5.92 Å². The number of carbonyl (C=O) groups excluding carboxylic acids is 1. The lowest BCUT2D eigenvalue weighted by atomic mass is 9.77. The van der Waals surface area contributed by atoms with Gasteiger partial charge in [0, 0.05) is 6.04 Å². The van der Waals surface area contributed by atoms with Crippen molar-refractivity contribution in [3.63, 3.8) is 0 Å². The lowest BCUT2D eigenvalue weighted by Gasteiger charge is -2.30. The van der Waals surface area contributed by atoms with E-state index in [0.717, 1.165) is 24.8 Å². The maximum absolute atomic E-state index is 12.2. The van der Waals surface area contributed by atoms with Gasteiger partial charge in [-0.05, 0) is 36.3 Å². The van der Waals surface area contributed by atoms with E-state index >= 15 is 0 Å². The number of fused-ring (bicyclic) bond motifs is 1. The summed E-state index contributed by atoms with van der Waals surface area (Å²) < 4.78 is 0. The number of benzene rings is 1. The number of rotatable bonds is 5. The second-order valence-electron chi connectivity index (χ2n) is 5.51. The highest BCUT2D eigenvalue weighted by Crippen LogP contribution is 2.37. The number of hydrogen-bond donors (Lipinski definition) is 2. The van der Waals surface area contributed by atoms with E-state index in [0.29, 0.717) is 5.92 Å². The average molecular weight is 259 g/mol. The van der Waals surface area contributed by atoms with Gasteiger partial charge in [-0.25, -0.2) is 0 Å². The number of aliphatic carboxylic acids is 1. The first-order chi connectivity index (χ1) is 9.15. The Labute approximate surface area is 111 Å². The third-order valence-electron chi connectivity index (χ3n) is 4.08. The molecule has 1 aromatic carbocycles. The zero-order valence-corrected chi connectivity index (χ0v) is 10.6. The number of amides is 1. The van der Waals surface area contributed by atoms with Crippen molar-refractivity contribution in [3.05, 3.63) is 35.4 Å². The van der Waals surface area contributed by atoms with Crippen LogP contribution in [0.1, 0.15) is 36.3 Å².